The maximum absolute atomic E-state index is 13.8. The molecule has 2 amide bonds. The molecule has 0 aromatic heterocycles. The van der Waals surface area contributed by atoms with Crippen LogP contribution < -0.4 is 9.62 Å². The number of amides is 2. The smallest absolute Gasteiger partial charge is 0.244 e. The van der Waals surface area contributed by atoms with Gasteiger partial charge in [-0.15, -0.1) is 0 Å². The Kier molecular flexibility index (Phi) is 9.37. The van der Waals surface area contributed by atoms with Crippen LogP contribution in [0.3, 0.4) is 0 Å². The molecule has 10 heteroatoms. The second kappa shape index (κ2) is 12.3. The zero-order valence-corrected chi connectivity index (χ0v) is 22.2. The van der Waals surface area contributed by atoms with Gasteiger partial charge in [0, 0.05) is 30.1 Å². The lowest BCUT2D eigenvalue weighted by Crippen LogP contribution is -2.52. The molecule has 0 fully saturated rings. The number of rotatable bonds is 10. The summed E-state index contributed by atoms with van der Waals surface area (Å²) in [6, 6.07) is 21.5. The van der Waals surface area contributed by atoms with Gasteiger partial charge in [-0.2, -0.15) is 0 Å². The molecule has 0 aliphatic rings. The van der Waals surface area contributed by atoms with Crippen molar-refractivity contribution < 1.29 is 18.0 Å². The van der Waals surface area contributed by atoms with Gasteiger partial charge in [0.1, 0.15) is 12.6 Å². The third-order valence-corrected chi connectivity index (χ3v) is 7.18. The second-order valence-electron chi connectivity index (χ2n) is 8.22. The molecule has 36 heavy (non-hydrogen) atoms. The summed E-state index contributed by atoms with van der Waals surface area (Å²) in [6.07, 6.45) is 1.27. The first-order chi connectivity index (χ1) is 17.1. The van der Waals surface area contributed by atoms with Crippen molar-refractivity contribution >= 4 is 50.7 Å². The minimum absolute atomic E-state index is 0.0581. The molecule has 0 aliphatic carbocycles. The molecule has 1 atom stereocenters. The van der Waals surface area contributed by atoms with Crippen LogP contribution in [0.2, 0.25) is 10.0 Å². The van der Waals surface area contributed by atoms with Gasteiger partial charge in [0.15, 0.2) is 0 Å². The molecule has 0 saturated heterocycles. The monoisotopic (exact) mass is 547 g/mol. The lowest BCUT2D eigenvalue weighted by molar-refractivity contribution is -0.139. The van der Waals surface area contributed by atoms with E-state index in [0.29, 0.717) is 15.6 Å². The first-order valence-electron chi connectivity index (χ1n) is 11.1. The van der Waals surface area contributed by atoms with E-state index >= 15 is 0 Å². The molecule has 190 valence electrons. The van der Waals surface area contributed by atoms with Gasteiger partial charge in [0.05, 0.1) is 11.9 Å². The summed E-state index contributed by atoms with van der Waals surface area (Å²) in [5, 5.41) is 3.55. The summed E-state index contributed by atoms with van der Waals surface area (Å²) in [4.78, 5) is 28.2. The Morgan fingerprint density at radius 3 is 2.11 bits per heavy atom. The number of carbonyl (C=O) groups is 2. The van der Waals surface area contributed by atoms with Crippen molar-refractivity contribution in [1.29, 1.82) is 0 Å². The Bertz CT molecular complexity index is 1300. The van der Waals surface area contributed by atoms with E-state index in [-0.39, 0.29) is 24.6 Å². The molecule has 0 aliphatic heterocycles. The molecule has 0 bridgehead atoms. The zero-order chi connectivity index (χ0) is 26.3. The molecule has 3 aromatic rings. The van der Waals surface area contributed by atoms with Gasteiger partial charge in [-0.3, -0.25) is 13.9 Å². The third-order valence-electron chi connectivity index (χ3n) is 5.55. The molecule has 0 spiro atoms. The summed E-state index contributed by atoms with van der Waals surface area (Å²) in [6.45, 7) is -0.439. The number of nitrogens with one attached hydrogen (secondary N) is 1. The van der Waals surface area contributed by atoms with Gasteiger partial charge in [-0.25, -0.2) is 8.42 Å². The fourth-order valence-corrected chi connectivity index (χ4v) is 4.96. The van der Waals surface area contributed by atoms with E-state index in [1.54, 1.807) is 36.4 Å². The fraction of sp³-hybridized carbons (Fsp3) is 0.231. The lowest BCUT2D eigenvalue weighted by Gasteiger charge is -2.33. The van der Waals surface area contributed by atoms with Gasteiger partial charge in [0.2, 0.25) is 21.8 Å². The molecular weight excluding hydrogens is 521 g/mol. The summed E-state index contributed by atoms with van der Waals surface area (Å²) in [5.74, 6) is -0.911. The number of hydrogen-bond donors (Lipinski definition) is 1. The molecule has 3 aromatic carbocycles. The highest BCUT2D eigenvalue weighted by Gasteiger charge is 2.32. The number of hydrogen-bond acceptors (Lipinski definition) is 4. The molecule has 0 radical (unpaired) electrons. The molecule has 0 saturated carbocycles. The van der Waals surface area contributed by atoms with Gasteiger partial charge >= 0.3 is 0 Å². The van der Waals surface area contributed by atoms with Crippen molar-refractivity contribution in [2.24, 2.45) is 0 Å². The van der Waals surface area contributed by atoms with Crippen LogP contribution in [-0.4, -0.2) is 51.0 Å². The summed E-state index contributed by atoms with van der Waals surface area (Å²) < 4.78 is 26.3. The Labute approximate surface area is 221 Å². The van der Waals surface area contributed by atoms with Gasteiger partial charge in [-0.05, 0) is 47.5 Å². The second-order valence-corrected chi connectivity index (χ2v) is 11.0. The summed E-state index contributed by atoms with van der Waals surface area (Å²) >= 11 is 12.1. The highest BCUT2D eigenvalue weighted by Crippen LogP contribution is 2.22. The van der Waals surface area contributed by atoms with Crippen LogP contribution in [0, 0.1) is 0 Å². The van der Waals surface area contributed by atoms with Crippen LogP contribution in [0.15, 0.2) is 78.9 Å². The van der Waals surface area contributed by atoms with Gasteiger partial charge in [-0.1, -0.05) is 65.7 Å². The quantitative estimate of drug-likeness (QED) is 0.413. The van der Waals surface area contributed by atoms with Crippen molar-refractivity contribution in [3.63, 3.8) is 0 Å². The molecular formula is C26H27Cl2N3O4S. The Morgan fingerprint density at radius 1 is 0.889 bits per heavy atom. The largest absolute Gasteiger partial charge is 0.357 e. The van der Waals surface area contributed by atoms with Crippen LogP contribution in [0.25, 0.3) is 0 Å². The number of carbonyl (C=O) groups excluding carboxylic acids is 2. The Morgan fingerprint density at radius 2 is 1.53 bits per heavy atom. The molecule has 1 N–H and O–H groups in total. The number of benzene rings is 3. The number of likely N-dealkylation sites (N-methyl/N-ethyl adjacent to an activating group) is 1. The van der Waals surface area contributed by atoms with E-state index < -0.39 is 28.5 Å². The molecule has 7 nitrogen and oxygen atoms in total. The van der Waals surface area contributed by atoms with Crippen LogP contribution >= 0.6 is 23.2 Å². The van der Waals surface area contributed by atoms with Crippen LogP contribution in [0.5, 0.6) is 0 Å². The number of nitrogens with zero attached hydrogens (tertiary/aromatic N) is 2. The van der Waals surface area contributed by atoms with Crippen LogP contribution in [-0.2, 0) is 32.6 Å². The molecule has 0 heterocycles. The van der Waals surface area contributed by atoms with E-state index in [9.17, 15) is 18.0 Å². The maximum atomic E-state index is 13.8. The number of anilines is 1. The highest BCUT2D eigenvalue weighted by atomic mass is 35.5. The number of sulfonamides is 1. The first kappa shape index (κ1) is 27.5. The van der Waals surface area contributed by atoms with Gasteiger partial charge in [0.25, 0.3) is 0 Å². The van der Waals surface area contributed by atoms with Crippen LogP contribution in [0.1, 0.15) is 11.1 Å². The first-order valence-corrected chi connectivity index (χ1v) is 13.7. The minimum Gasteiger partial charge on any atom is -0.357 e. The van der Waals surface area contributed by atoms with Crippen molar-refractivity contribution in [1.82, 2.24) is 10.2 Å². The van der Waals surface area contributed by atoms with Crippen molar-refractivity contribution in [3.05, 3.63) is 100 Å². The minimum atomic E-state index is -3.83. The maximum Gasteiger partial charge on any atom is 0.244 e. The third kappa shape index (κ3) is 7.46. The fourth-order valence-electron chi connectivity index (χ4n) is 3.77. The molecule has 3 rings (SSSR count). The lowest BCUT2D eigenvalue weighted by atomic mass is 10.0. The predicted octanol–water partition coefficient (Wildman–Crippen LogP) is 4.15. The summed E-state index contributed by atoms with van der Waals surface area (Å²) in [7, 11) is -2.33. The average molecular weight is 548 g/mol. The van der Waals surface area contributed by atoms with Crippen molar-refractivity contribution in [3.8, 4) is 0 Å². The standard InChI is InChI=1S/C26H27Cl2N3O4S/c1-29-26(33)24(16-19-7-4-3-5-8-19)30(17-20-9-6-10-22(28)15-20)25(32)18-31(36(2,34)35)23-13-11-21(27)12-14-23/h3-15,24H,16-18H2,1-2H3,(H,29,33)/t24-/m0/s1. The van der Waals surface area contributed by atoms with Crippen molar-refractivity contribution in [2.45, 2.75) is 19.0 Å². The topological polar surface area (TPSA) is 86.8 Å². The van der Waals surface area contributed by atoms with Crippen molar-refractivity contribution in [2.75, 3.05) is 24.2 Å². The zero-order valence-electron chi connectivity index (χ0n) is 19.9. The van der Waals surface area contributed by atoms with E-state index in [4.69, 9.17) is 23.2 Å². The summed E-state index contributed by atoms with van der Waals surface area (Å²) in [5.41, 5.74) is 1.85. The SMILES string of the molecule is CNC(=O)[C@H](Cc1ccccc1)N(Cc1cccc(Cl)c1)C(=O)CN(c1ccc(Cl)cc1)S(C)(=O)=O. The van der Waals surface area contributed by atoms with Gasteiger partial charge < -0.3 is 10.2 Å². The average Bonchev–Trinajstić information content (AvgIpc) is 2.84. The predicted molar refractivity (Wildman–Crippen MR) is 144 cm³/mol. The van der Waals surface area contributed by atoms with Crippen LogP contribution in [0.4, 0.5) is 5.69 Å². The number of halogens is 2. The highest BCUT2D eigenvalue weighted by molar-refractivity contribution is 7.92. The van der Waals surface area contributed by atoms with E-state index in [1.807, 2.05) is 30.3 Å². The van der Waals surface area contributed by atoms with E-state index in [1.165, 1.54) is 24.1 Å². The Balaban J connectivity index is 2.02. The Hall–Kier alpha value is -3.07. The normalized spacial score (nSPS) is 12.0. The van der Waals surface area contributed by atoms with E-state index in [2.05, 4.69) is 5.32 Å². The molecule has 0 unspecified atom stereocenters. The van der Waals surface area contributed by atoms with E-state index in [0.717, 1.165) is 16.1 Å².